The number of amides is 1. The summed E-state index contributed by atoms with van der Waals surface area (Å²) < 4.78 is 11.5. The van der Waals surface area contributed by atoms with Crippen LogP contribution in [0.2, 0.25) is 0 Å². The van der Waals surface area contributed by atoms with Gasteiger partial charge in [0.25, 0.3) is 5.91 Å². The van der Waals surface area contributed by atoms with Gasteiger partial charge >= 0.3 is 0 Å². The second-order valence-corrected chi connectivity index (χ2v) is 6.38. The lowest BCUT2D eigenvalue weighted by molar-refractivity contribution is -0.140. The molecule has 2 saturated heterocycles. The van der Waals surface area contributed by atoms with Crippen LogP contribution >= 0.6 is 12.4 Å². The molecule has 1 aromatic carbocycles. The number of likely N-dealkylation sites (tertiary alicyclic amines) is 1. The van der Waals surface area contributed by atoms with Crippen molar-refractivity contribution in [3.63, 3.8) is 0 Å². The number of ether oxygens (including phenoxy) is 2. The maximum atomic E-state index is 12.7. The monoisotopic (exact) mass is 353 g/mol. The zero-order valence-electron chi connectivity index (χ0n) is 13.6. The maximum Gasteiger partial charge on any atom is 0.267 e. The Morgan fingerprint density at radius 2 is 1.88 bits per heavy atom. The molecular formula is C17H24ClN3O3. The molecule has 24 heavy (non-hydrogen) atoms. The van der Waals surface area contributed by atoms with Crippen molar-refractivity contribution in [1.29, 1.82) is 0 Å². The molecule has 7 heteroatoms. The molecule has 2 fully saturated rings. The fourth-order valence-corrected chi connectivity index (χ4v) is 3.63. The zero-order chi connectivity index (χ0) is 15.6. The number of carbonyl (C=O) groups excluding carboxylic acids is 1. The van der Waals surface area contributed by atoms with Gasteiger partial charge in [-0.3, -0.25) is 9.69 Å². The Bertz CT molecular complexity index is 580. The lowest BCUT2D eigenvalue weighted by Crippen LogP contribution is -2.50. The third kappa shape index (κ3) is 3.45. The van der Waals surface area contributed by atoms with Gasteiger partial charge in [0.2, 0.25) is 6.10 Å². The van der Waals surface area contributed by atoms with Crippen LogP contribution in [0.15, 0.2) is 24.3 Å². The first-order valence-electron chi connectivity index (χ1n) is 8.43. The quantitative estimate of drug-likeness (QED) is 0.850. The first-order valence-corrected chi connectivity index (χ1v) is 8.43. The van der Waals surface area contributed by atoms with Crippen LogP contribution in [0.4, 0.5) is 0 Å². The Balaban J connectivity index is 0.00000169. The highest BCUT2D eigenvalue weighted by atomic mass is 35.5. The number of rotatable bonds is 2. The van der Waals surface area contributed by atoms with Crippen LogP contribution in [0.3, 0.4) is 0 Å². The molecule has 3 heterocycles. The van der Waals surface area contributed by atoms with E-state index < -0.39 is 6.10 Å². The van der Waals surface area contributed by atoms with Gasteiger partial charge in [0, 0.05) is 45.3 Å². The third-order valence-corrected chi connectivity index (χ3v) is 4.93. The van der Waals surface area contributed by atoms with E-state index in [0.29, 0.717) is 18.4 Å². The van der Waals surface area contributed by atoms with Crippen molar-refractivity contribution in [2.24, 2.45) is 0 Å². The average molecular weight is 354 g/mol. The van der Waals surface area contributed by atoms with E-state index >= 15 is 0 Å². The molecule has 0 radical (unpaired) electrons. The first kappa shape index (κ1) is 17.3. The van der Waals surface area contributed by atoms with Gasteiger partial charge in [-0.1, -0.05) is 12.1 Å². The summed E-state index contributed by atoms with van der Waals surface area (Å²) in [7, 11) is 0. The van der Waals surface area contributed by atoms with Gasteiger partial charge in [0.1, 0.15) is 6.61 Å². The fraction of sp³-hybridized carbons (Fsp3) is 0.588. The van der Waals surface area contributed by atoms with E-state index in [1.165, 1.54) is 0 Å². The van der Waals surface area contributed by atoms with Crippen molar-refractivity contribution >= 4 is 18.3 Å². The molecular weight excluding hydrogens is 330 g/mol. The molecule has 1 aromatic rings. The van der Waals surface area contributed by atoms with Gasteiger partial charge in [0.05, 0.1) is 0 Å². The summed E-state index contributed by atoms with van der Waals surface area (Å²) in [5.74, 6) is 1.43. The topological polar surface area (TPSA) is 54.0 Å². The van der Waals surface area contributed by atoms with E-state index in [0.717, 1.165) is 51.4 Å². The van der Waals surface area contributed by atoms with Gasteiger partial charge in [-0.05, 0) is 18.6 Å². The van der Waals surface area contributed by atoms with Crippen LogP contribution in [0.5, 0.6) is 11.5 Å². The molecule has 4 rings (SSSR count). The highest BCUT2D eigenvalue weighted by Crippen LogP contribution is 2.31. The van der Waals surface area contributed by atoms with Crippen LogP contribution < -0.4 is 14.8 Å². The van der Waals surface area contributed by atoms with Crippen molar-refractivity contribution in [2.75, 3.05) is 45.9 Å². The normalized spacial score (nSPS) is 26.8. The smallest absolute Gasteiger partial charge is 0.267 e. The number of halogens is 1. The first-order chi connectivity index (χ1) is 11.3. The summed E-state index contributed by atoms with van der Waals surface area (Å²) in [6.45, 7) is 6.15. The van der Waals surface area contributed by atoms with E-state index in [4.69, 9.17) is 9.47 Å². The van der Waals surface area contributed by atoms with Gasteiger partial charge in [-0.25, -0.2) is 0 Å². The van der Waals surface area contributed by atoms with Gasteiger partial charge in [0.15, 0.2) is 11.5 Å². The van der Waals surface area contributed by atoms with Crippen molar-refractivity contribution < 1.29 is 14.3 Å². The second-order valence-electron chi connectivity index (χ2n) is 6.38. The van der Waals surface area contributed by atoms with Gasteiger partial charge < -0.3 is 19.7 Å². The van der Waals surface area contributed by atoms with Crippen molar-refractivity contribution in [1.82, 2.24) is 15.1 Å². The Morgan fingerprint density at radius 1 is 1.12 bits per heavy atom. The molecule has 0 spiro atoms. The summed E-state index contributed by atoms with van der Waals surface area (Å²) in [5.41, 5.74) is 0. The van der Waals surface area contributed by atoms with Crippen LogP contribution in [0.1, 0.15) is 6.42 Å². The minimum Gasteiger partial charge on any atom is -0.485 e. The van der Waals surface area contributed by atoms with Crippen LogP contribution in [0, 0.1) is 0 Å². The number of nitrogens with zero attached hydrogens (tertiary/aromatic N) is 2. The van der Waals surface area contributed by atoms with Crippen LogP contribution in [0.25, 0.3) is 0 Å². The number of benzene rings is 1. The summed E-state index contributed by atoms with van der Waals surface area (Å²) in [4.78, 5) is 17.2. The average Bonchev–Trinajstić information content (AvgIpc) is 3.11. The van der Waals surface area contributed by atoms with E-state index in [-0.39, 0.29) is 18.3 Å². The fourth-order valence-electron chi connectivity index (χ4n) is 3.63. The molecule has 0 aromatic heterocycles. The van der Waals surface area contributed by atoms with Crippen LogP contribution in [-0.2, 0) is 4.79 Å². The molecule has 1 amide bonds. The Kier molecular flexibility index (Phi) is 5.48. The Labute approximate surface area is 148 Å². The summed E-state index contributed by atoms with van der Waals surface area (Å²) in [6, 6.07) is 8.00. The van der Waals surface area contributed by atoms with E-state index in [1.54, 1.807) is 0 Å². The number of hydrogen-bond donors (Lipinski definition) is 1. The van der Waals surface area contributed by atoms with Crippen LogP contribution in [-0.4, -0.2) is 73.7 Å². The zero-order valence-corrected chi connectivity index (χ0v) is 14.5. The van der Waals surface area contributed by atoms with E-state index in [9.17, 15) is 4.79 Å². The largest absolute Gasteiger partial charge is 0.485 e. The lowest BCUT2D eigenvalue weighted by atomic mass is 10.2. The molecule has 6 nitrogen and oxygen atoms in total. The van der Waals surface area contributed by atoms with Crippen molar-refractivity contribution in [3.8, 4) is 11.5 Å². The molecule has 0 aliphatic carbocycles. The highest BCUT2D eigenvalue weighted by molar-refractivity contribution is 5.85. The molecule has 0 bridgehead atoms. The lowest BCUT2D eigenvalue weighted by Gasteiger charge is -2.33. The predicted octanol–water partition coefficient (Wildman–Crippen LogP) is 0.754. The number of nitrogens with one attached hydrogen (secondary N) is 1. The number of piperazine rings is 1. The maximum absolute atomic E-state index is 12.7. The molecule has 2 atom stereocenters. The molecule has 132 valence electrons. The highest BCUT2D eigenvalue weighted by Gasteiger charge is 2.36. The molecule has 0 saturated carbocycles. The molecule has 3 aliphatic rings. The minimum absolute atomic E-state index is 0. The SMILES string of the molecule is Cl.O=C(C1COc2ccccc2O1)N1CCC(N2CCNCC2)C1. The van der Waals surface area contributed by atoms with Gasteiger partial charge in [-0.2, -0.15) is 0 Å². The minimum atomic E-state index is -0.522. The number of fused-ring (bicyclic) bond motifs is 1. The third-order valence-electron chi connectivity index (χ3n) is 4.93. The summed E-state index contributed by atoms with van der Waals surface area (Å²) in [5, 5.41) is 3.37. The Morgan fingerprint density at radius 3 is 2.67 bits per heavy atom. The summed E-state index contributed by atoms with van der Waals surface area (Å²) in [6.07, 6.45) is 0.530. The van der Waals surface area contributed by atoms with E-state index in [1.807, 2.05) is 29.2 Å². The second kappa shape index (κ2) is 7.59. The number of hydrogen-bond acceptors (Lipinski definition) is 5. The number of para-hydroxylation sites is 2. The molecule has 1 N–H and O–H groups in total. The molecule has 3 aliphatic heterocycles. The van der Waals surface area contributed by atoms with Crippen molar-refractivity contribution in [3.05, 3.63) is 24.3 Å². The molecule has 2 unspecified atom stereocenters. The Hall–Kier alpha value is -1.50. The number of carbonyl (C=O) groups is 1. The van der Waals surface area contributed by atoms with Crippen molar-refractivity contribution in [2.45, 2.75) is 18.6 Å². The predicted molar refractivity (Wildman–Crippen MR) is 93.0 cm³/mol. The summed E-state index contributed by atoms with van der Waals surface area (Å²) >= 11 is 0. The van der Waals surface area contributed by atoms with E-state index in [2.05, 4.69) is 10.2 Å². The standard InChI is InChI=1S/C17H23N3O3.ClH/c21-17(16-12-22-14-3-1-2-4-15(14)23-16)20-8-5-13(11-20)19-9-6-18-7-10-19;/h1-4,13,16,18H,5-12H2;1H. The van der Waals surface area contributed by atoms with Gasteiger partial charge in [-0.15, -0.1) is 12.4 Å².